The zero-order valence-corrected chi connectivity index (χ0v) is 11.8. The number of hydrogen-bond acceptors (Lipinski definition) is 10. The van der Waals surface area contributed by atoms with Gasteiger partial charge in [-0.05, 0) is 18.7 Å². The number of nitrogens with one attached hydrogen (secondary N) is 1. The lowest BCUT2D eigenvalue weighted by Gasteiger charge is -2.06. The lowest BCUT2D eigenvalue weighted by molar-refractivity contribution is 0.308. The highest BCUT2D eigenvalue weighted by Gasteiger charge is 2.10. The maximum absolute atomic E-state index is 5.61. The Labute approximate surface area is 119 Å². The minimum atomic E-state index is 0.228. The van der Waals surface area contributed by atoms with Crippen molar-refractivity contribution in [1.82, 2.24) is 24.9 Å². The second-order valence-corrected chi connectivity index (χ2v) is 4.44. The molecule has 0 aliphatic rings. The largest absolute Gasteiger partial charge is 0.464 e. The predicted molar refractivity (Wildman–Crippen MR) is 75.5 cm³/mol. The van der Waals surface area contributed by atoms with E-state index in [2.05, 4.69) is 30.2 Å². The fourth-order valence-electron chi connectivity index (χ4n) is 1.28. The number of nitrogen functional groups attached to an aromatic ring is 2. The number of nitrogens with zero attached hydrogens (tertiary/aromatic N) is 5. The third-order valence-electron chi connectivity index (χ3n) is 2.02. The summed E-state index contributed by atoms with van der Waals surface area (Å²) in [5.74, 6) is 0.962. The standard InChI is InChI=1S/C10H14N8OS/c1-3-19-8-16-7(13-2)17-10(18-8)20-9-14-5(11)4-6(12)15-9/h4H,3H2,1-2H3,(H4,11,12,14,15)(H,13,16,17,18). The van der Waals surface area contributed by atoms with E-state index in [0.717, 1.165) is 11.8 Å². The summed E-state index contributed by atoms with van der Waals surface area (Å²) < 4.78 is 5.27. The minimum Gasteiger partial charge on any atom is -0.464 e. The van der Waals surface area contributed by atoms with Crippen molar-refractivity contribution in [1.29, 1.82) is 0 Å². The van der Waals surface area contributed by atoms with Crippen LogP contribution in [0.5, 0.6) is 6.01 Å². The van der Waals surface area contributed by atoms with E-state index in [1.807, 2.05) is 6.92 Å². The van der Waals surface area contributed by atoms with Crippen LogP contribution in [0.25, 0.3) is 0 Å². The van der Waals surface area contributed by atoms with Crippen molar-refractivity contribution < 1.29 is 4.74 Å². The van der Waals surface area contributed by atoms with Gasteiger partial charge in [-0.1, -0.05) is 0 Å². The van der Waals surface area contributed by atoms with Gasteiger partial charge in [0.05, 0.1) is 6.61 Å². The maximum Gasteiger partial charge on any atom is 0.322 e. The van der Waals surface area contributed by atoms with Crippen molar-refractivity contribution >= 4 is 29.3 Å². The fourth-order valence-corrected chi connectivity index (χ4v) is 2.00. The summed E-state index contributed by atoms with van der Waals surface area (Å²) in [5, 5.41) is 3.58. The molecule has 0 bridgehead atoms. The lowest BCUT2D eigenvalue weighted by Crippen LogP contribution is -2.05. The molecule has 2 rings (SSSR count). The van der Waals surface area contributed by atoms with E-state index in [0.29, 0.717) is 22.9 Å². The fraction of sp³-hybridized carbons (Fsp3) is 0.300. The van der Waals surface area contributed by atoms with E-state index in [-0.39, 0.29) is 17.6 Å². The van der Waals surface area contributed by atoms with Gasteiger partial charge in [-0.15, -0.1) is 0 Å². The molecule has 0 aromatic carbocycles. The Morgan fingerprint density at radius 1 is 1.10 bits per heavy atom. The Bertz CT molecular complexity index is 588. The van der Waals surface area contributed by atoms with Gasteiger partial charge in [0, 0.05) is 13.1 Å². The molecule has 2 heterocycles. The van der Waals surface area contributed by atoms with Gasteiger partial charge < -0.3 is 21.5 Å². The van der Waals surface area contributed by atoms with Crippen LogP contribution >= 0.6 is 11.8 Å². The molecule has 0 fully saturated rings. The molecule has 0 saturated carbocycles. The van der Waals surface area contributed by atoms with Crippen LogP contribution in [0.2, 0.25) is 0 Å². The van der Waals surface area contributed by atoms with Gasteiger partial charge in [0.25, 0.3) is 0 Å². The van der Waals surface area contributed by atoms with Crippen molar-refractivity contribution in [2.24, 2.45) is 0 Å². The number of hydrogen-bond donors (Lipinski definition) is 3. The summed E-state index contributed by atoms with van der Waals surface area (Å²) in [7, 11) is 1.70. The van der Waals surface area contributed by atoms with Crippen LogP contribution in [0.4, 0.5) is 17.6 Å². The second-order valence-electron chi connectivity index (χ2n) is 3.51. The summed E-state index contributed by atoms with van der Waals surface area (Å²) in [6.07, 6.45) is 0. The Hall–Kier alpha value is -2.36. The van der Waals surface area contributed by atoms with Gasteiger partial charge in [-0.2, -0.15) is 15.0 Å². The monoisotopic (exact) mass is 294 g/mol. The highest BCUT2D eigenvalue weighted by Crippen LogP contribution is 2.24. The minimum absolute atomic E-state index is 0.228. The van der Waals surface area contributed by atoms with Crippen LogP contribution in [0, 0.1) is 0 Å². The molecule has 2 aromatic rings. The summed E-state index contributed by atoms with van der Waals surface area (Å²) in [4.78, 5) is 20.5. The molecule has 0 radical (unpaired) electrons. The van der Waals surface area contributed by atoms with E-state index in [4.69, 9.17) is 16.2 Å². The van der Waals surface area contributed by atoms with Crippen molar-refractivity contribution in [2.45, 2.75) is 17.2 Å². The Kier molecular flexibility index (Phi) is 4.35. The first-order valence-electron chi connectivity index (χ1n) is 5.75. The first kappa shape index (κ1) is 14.1. The maximum atomic E-state index is 5.61. The van der Waals surface area contributed by atoms with Crippen molar-refractivity contribution in [3.8, 4) is 6.01 Å². The van der Waals surface area contributed by atoms with E-state index < -0.39 is 0 Å². The van der Waals surface area contributed by atoms with Gasteiger partial charge in [-0.25, -0.2) is 9.97 Å². The molecule has 106 valence electrons. The Morgan fingerprint density at radius 2 is 1.75 bits per heavy atom. The highest BCUT2D eigenvalue weighted by molar-refractivity contribution is 7.99. The Morgan fingerprint density at radius 3 is 2.35 bits per heavy atom. The zero-order chi connectivity index (χ0) is 14.5. The first-order valence-corrected chi connectivity index (χ1v) is 6.57. The number of anilines is 3. The van der Waals surface area contributed by atoms with E-state index in [1.54, 1.807) is 7.05 Å². The number of aromatic nitrogens is 5. The quantitative estimate of drug-likeness (QED) is 0.665. The summed E-state index contributed by atoms with van der Waals surface area (Å²) in [6.45, 7) is 2.30. The van der Waals surface area contributed by atoms with Crippen molar-refractivity contribution in [3.05, 3.63) is 6.07 Å². The van der Waals surface area contributed by atoms with Crippen LogP contribution in [0.15, 0.2) is 16.4 Å². The van der Waals surface area contributed by atoms with Crippen LogP contribution in [0.1, 0.15) is 6.92 Å². The highest BCUT2D eigenvalue weighted by atomic mass is 32.2. The van der Waals surface area contributed by atoms with Crippen LogP contribution in [-0.2, 0) is 0 Å². The average Bonchev–Trinajstić information content (AvgIpc) is 2.37. The third-order valence-corrected chi connectivity index (χ3v) is 2.75. The van der Waals surface area contributed by atoms with Crippen LogP contribution in [-0.4, -0.2) is 38.6 Å². The molecule has 20 heavy (non-hydrogen) atoms. The number of rotatable bonds is 5. The molecular weight excluding hydrogens is 280 g/mol. The summed E-state index contributed by atoms with van der Waals surface area (Å²) >= 11 is 1.12. The molecule has 9 nitrogen and oxygen atoms in total. The first-order chi connectivity index (χ1) is 9.60. The predicted octanol–water partition coefficient (Wildman–Crippen LogP) is 0.418. The van der Waals surface area contributed by atoms with Crippen molar-refractivity contribution in [2.75, 3.05) is 30.4 Å². The smallest absolute Gasteiger partial charge is 0.322 e. The molecule has 10 heteroatoms. The third kappa shape index (κ3) is 3.57. The van der Waals surface area contributed by atoms with E-state index in [1.165, 1.54) is 6.07 Å². The molecule has 5 N–H and O–H groups in total. The van der Waals surface area contributed by atoms with Gasteiger partial charge in [0.1, 0.15) is 11.6 Å². The number of nitrogens with two attached hydrogens (primary N) is 2. The molecular formula is C10H14N8OS. The Balaban J connectivity index is 2.29. The second kappa shape index (κ2) is 6.19. The normalized spacial score (nSPS) is 10.3. The van der Waals surface area contributed by atoms with E-state index in [9.17, 15) is 0 Å². The van der Waals surface area contributed by atoms with Crippen molar-refractivity contribution in [3.63, 3.8) is 0 Å². The molecule has 0 aliphatic carbocycles. The molecule has 2 aromatic heterocycles. The van der Waals surface area contributed by atoms with Gasteiger partial charge in [-0.3, -0.25) is 0 Å². The van der Waals surface area contributed by atoms with E-state index >= 15 is 0 Å². The summed E-state index contributed by atoms with van der Waals surface area (Å²) in [5.41, 5.74) is 11.2. The molecule has 0 amide bonds. The molecule has 0 saturated heterocycles. The van der Waals surface area contributed by atoms with Crippen LogP contribution in [0.3, 0.4) is 0 Å². The number of ether oxygens (including phenoxy) is 1. The molecule has 0 atom stereocenters. The molecule has 0 spiro atoms. The van der Waals surface area contributed by atoms with Gasteiger partial charge >= 0.3 is 6.01 Å². The zero-order valence-electron chi connectivity index (χ0n) is 11.0. The SMILES string of the molecule is CCOc1nc(NC)nc(Sc2nc(N)cc(N)n2)n1. The molecule has 0 aliphatic heterocycles. The van der Waals surface area contributed by atoms with Gasteiger partial charge in [0.2, 0.25) is 11.1 Å². The topological polar surface area (TPSA) is 138 Å². The van der Waals surface area contributed by atoms with Gasteiger partial charge in [0.15, 0.2) is 5.16 Å². The average molecular weight is 294 g/mol. The summed E-state index contributed by atoms with van der Waals surface area (Å²) in [6, 6.07) is 1.70. The van der Waals surface area contributed by atoms with Crippen LogP contribution < -0.4 is 21.5 Å². The molecule has 0 unspecified atom stereocenters. The lowest BCUT2D eigenvalue weighted by atomic mass is 10.5.